The minimum absolute atomic E-state index is 0.377. The molecule has 0 saturated carbocycles. The van der Waals surface area contributed by atoms with Gasteiger partial charge in [-0.3, -0.25) is 0 Å². The highest BCUT2D eigenvalue weighted by Gasteiger charge is 2.23. The fourth-order valence-electron chi connectivity index (χ4n) is 3.24. The number of para-hydroxylation sites is 2. The maximum absolute atomic E-state index is 3.70. The number of benzene rings is 2. The molecule has 116 valence electrons. The van der Waals surface area contributed by atoms with Crippen molar-refractivity contribution in [2.75, 3.05) is 23.3 Å². The summed E-state index contributed by atoms with van der Waals surface area (Å²) in [7, 11) is 0. The summed E-state index contributed by atoms with van der Waals surface area (Å²) in [4.78, 5) is 2.55. The molecular weight excluding hydrogens is 268 g/mol. The number of anilines is 2. The predicted octanol–water partition coefficient (Wildman–Crippen LogP) is 5.24. The summed E-state index contributed by atoms with van der Waals surface area (Å²) in [6.07, 6.45) is 5.25. The number of nitrogens with one attached hydrogen (secondary N) is 1. The van der Waals surface area contributed by atoms with Gasteiger partial charge in [0.25, 0.3) is 0 Å². The lowest BCUT2D eigenvalue weighted by atomic mass is 10.0. The van der Waals surface area contributed by atoms with E-state index in [-0.39, 0.29) is 0 Å². The van der Waals surface area contributed by atoms with Crippen molar-refractivity contribution in [3.63, 3.8) is 0 Å². The van der Waals surface area contributed by atoms with Crippen LogP contribution in [0.4, 0.5) is 11.4 Å². The highest BCUT2D eigenvalue weighted by molar-refractivity contribution is 5.73. The van der Waals surface area contributed by atoms with E-state index in [0.717, 1.165) is 13.1 Å². The van der Waals surface area contributed by atoms with Gasteiger partial charge in [0, 0.05) is 13.1 Å². The Kier molecular flexibility index (Phi) is 4.99. The summed E-state index contributed by atoms with van der Waals surface area (Å²) in [6, 6.07) is 19.9. The third-order valence-corrected chi connectivity index (χ3v) is 4.46. The van der Waals surface area contributed by atoms with E-state index in [1.807, 2.05) is 0 Å². The van der Waals surface area contributed by atoms with Gasteiger partial charge in [-0.1, -0.05) is 68.7 Å². The third-order valence-electron chi connectivity index (χ3n) is 4.46. The van der Waals surface area contributed by atoms with Crippen molar-refractivity contribution in [3.8, 4) is 0 Å². The Morgan fingerprint density at radius 2 is 1.73 bits per heavy atom. The topological polar surface area (TPSA) is 15.3 Å². The molecule has 1 atom stereocenters. The summed E-state index contributed by atoms with van der Waals surface area (Å²) < 4.78 is 0. The van der Waals surface area contributed by atoms with Crippen LogP contribution >= 0.6 is 0 Å². The number of hydrogen-bond acceptors (Lipinski definition) is 2. The number of hydrogen-bond donors (Lipinski definition) is 1. The van der Waals surface area contributed by atoms with E-state index in [0.29, 0.717) is 6.04 Å². The summed E-state index contributed by atoms with van der Waals surface area (Å²) in [5.74, 6) is 0. The molecule has 0 fully saturated rings. The molecule has 2 aromatic rings. The van der Waals surface area contributed by atoms with Gasteiger partial charge in [0.1, 0.15) is 0 Å². The van der Waals surface area contributed by atoms with Gasteiger partial charge in [-0.25, -0.2) is 0 Å². The number of unbranched alkanes of at least 4 members (excludes halogenated alkanes) is 3. The van der Waals surface area contributed by atoms with E-state index in [4.69, 9.17) is 0 Å². The first kappa shape index (κ1) is 15.0. The Labute approximate surface area is 134 Å². The van der Waals surface area contributed by atoms with Crippen molar-refractivity contribution >= 4 is 11.4 Å². The summed E-state index contributed by atoms with van der Waals surface area (Å²) in [5, 5.41) is 3.70. The van der Waals surface area contributed by atoms with Crippen LogP contribution < -0.4 is 10.2 Å². The van der Waals surface area contributed by atoms with Gasteiger partial charge in [-0.05, 0) is 24.1 Å². The monoisotopic (exact) mass is 294 g/mol. The molecule has 1 aliphatic heterocycles. The Bertz CT molecular complexity index is 579. The Morgan fingerprint density at radius 1 is 0.955 bits per heavy atom. The van der Waals surface area contributed by atoms with Crippen molar-refractivity contribution in [2.24, 2.45) is 0 Å². The van der Waals surface area contributed by atoms with Crippen LogP contribution in [0.2, 0.25) is 0 Å². The summed E-state index contributed by atoms with van der Waals surface area (Å²) in [5.41, 5.74) is 3.99. The molecule has 0 aliphatic carbocycles. The first-order chi connectivity index (χ1) is 10.9. The lowest BCUT2D eigenvalue weighted by molar-refractivity contribution is 0.614. The van der Waals surface area contributed by atoms with Crippen molar-refractivity contribution in [1.82, 2.24) is 0 Å². The van der Waals surface area contributed by atoms with Crippen LogP contribution in [-0.4, -0.2) is 13.1 Å². The van der Waals surface area contributed by atoms with Crippen LogP contribution in [0.5, 0.6) is 0 Å². The molecule has 0 saturated heterocycles. The zero-order valence-corrected chi connectivity index (χ0v) is 13.5. The van der Waals surface area contributed by atoms with Crippen LogP contribution in [-0.2, 0) is 0 Å². The molecule has 1 unspecified atom stereocenters. The summed E-state index contributed by atoms with van der Waals surface area (Å²) in [6.45, 7) is 4.47. The molecule has 0 spiro atoms. The van der Waals surface area contributed by atoms with Crippen LogP contribution in [0.15, 0.2) is 54.6 Å². The summed E-state index contributed by atoms with van der Waals surface area (Å²) >= 11 is 0. The molecule has 0 amide bonds. The van der Waals surface area contributed by atoms with Crippen LogP contribution in [0, 0.1) is 0 Å². The average Bonchev–Trinajstić information content (AvgIpc) is 2.59. The normalized spacial score (nSPS) is 17.0. The fourth-order valence-corrected chi connectivity index (χ4v) is 3.24. The van der Waals surface area contributed by atoms with Crippen molar-refractivity contribution < 1.29 is 0 Å². The molecule has 0 bridgehead atoms. The van der Waals surface area contributed by atoms with E-state index in [9.17, 15) is 0 Å². The van der Waals surface area contributed by atoms with Crippen molar-refractivity contribution in [2.45, 2.75) is 38.6 Å². The quantitative estimate of drug-likeness (QED) is 0.733. The molecule has 1 aliphatic rings. The van der Waals surface area contributed by atoms with Gasteiger partial charge in [0.15, 0.2) is 0 Å². The lowest BCUT2D eigenvalue weighted by Gasteiger charge is -2.37. The maximum atomic E-state index is 3.70. The van der Waals surface area contributed by atoms with Gasteiger partial charge in [-0.2, -0.15) is 0 Å². The zero-order valence-electron chi connectivity index (χ0n) is 13.5. The SMILES string of the molecule is CCCCCCN1CC(c2ccccc2)Nc2ccccc21. The van der Waals surface area contributed by atoms with E-state index < -0.39 is 0 Å². The average molecular weight is 294 g/mol. The molecular formula is C20H26N2. The van der Waals surface area contributed by atoms with Crippen molar-refractivity contribution in [3.05, 3.63) is 60.2 Å². The minimum Gasteiger partial charge on any atom is -0.375 e. The molecule has 2 aromatic carbocycles. The second kappa shape index (κ2) is 7.35. The molecule has 22 heavy (non-hydrogen) atoms. The van der Waals surface area contributed by atoms with Crippen LogP contribution in [0.25, 0.3) is 0 Å². The van der Waals surface area contributed by atoms with E-state index in [1.54, 1.807) is 0 Å². The van der Waals surface area contributed by atoms with Gasteiger partial charge in [-0.15, -0.1) is 0 Å². The first-order valence-corrected chi connectivity index (χ1v) is 8.54. The fraction of sp³-hybridized carbons (Fsp3) is 0.400. The Balaban J connectivity index is 1.76. The molecule has 2 nitrogen and oxygen atoms in total. The maximum Gasteiger partial charge on any atom is 0.0689 e. The second-order valence-electron chi connectivity index (χ2n) is 6.13. The van der Waals surface area contributed by atoms with Crippen molar-refractivity contribution in [1.29, 1.82) is 0 Å². The highest BCUT2D eigenvalue weighted by Crippen LogP contribution is 2.35. The largest absolute Gasteiger partial charge is 0.375 e. The van der Waals surface area contributed by atoms with Crippen LogP contribution in [0.1, 0.15) is 44.2 Å². The Morgan fingerprint density at radius 3 is 2.55 bits per heavy atom. The van der Waals surface area contributed by atoms with Gasteiger partial charge < -0.3 is 10.2 Å². The van der Waals surface area contributed by atoms with Gasteiger partial charge in [0.2, 0.25) is 0 Å². The first-order valence-electron chi connectivity index (χ1n) is 8.54. The highest BCUT2D eigenvalue weighted by atomic mass is 15.2. The zero-order chi connectivity index (χ0) is 15.2. The van der Waals surface area contributed by atoms with E-state index in [1.165, 1.54) is 42.6 Å². The number of nitrogens with zero attached hydrogens (tertiary/aromatic N) is 1. The number of rotatable bonds is 6. The lowest BCUT2D eigenvalue weighted by Crippen LogP contribution is -2.37. The Hall–Kier alpha value is -1.96. The van der Waals surface area contributed by atoms with Crippen LogP contribution in [0.3, 0.4) is 0 Å². The molecule has 0 radical (unpaired) electrons. The molecule has 3 rings (SSSR count). The second-order valence-corrected chi connectivity index (χ2v) is 6.13. The number of fused-ring (bicyclic) bond motifs is 1. The molecule has 2 heteroatoms. The standard InChI is InChI=1S/C20H26N2/c1-2-3-4-10-15-22-16-19(17-11-6-5-7-12-17)21-18-13-8-9-14-20(18)22/h5-9,11-14,19,21H,2-4,10,15-16H2,1H3. The molecule has 1 N–H and O–H groups in total. The van der Waals surface area contributed by atoms with Gasteiger partial charge >= 0.3 is 0 Å². The molecule has 0 aromatic heterocycles. The minimum atomic E-state index is 0.377. The van der Waals surface area contributed by atoms with E-state index >= 15 is 0 Å². The third kappa shape index (κ3) is 3.44. The van der Waals surface area contributed by atoms with Gasteiger partial charge in [0.05, 0.1) is 17.4 Å². The predicted molar refractivity (Wildman–Crippen MR) is 95.6 cm³/mol. The smallest absolute Gasteiger partial charge is 0.0689 e. The van der Waals surface area contributed by atoms with E-state index in [2.05, 4.69) is 71.7 Å². The molecule has 1 heterocycles.